The standard InChI is InChI=1S/C20H31ClN2O3/c1-25-18-8-7-15(19(21)20(18)26-2)13-22-10-11-23(16-5-3-4-6-16)17(14-22)9-12-24/h7-8,16-17,24H,3-6,9-14H2,1-2H3/t17-/m1/s1. The third kappa shape index (κ3) is 4.28. The molecule has 5 nitrogen and oxygen atoms in total. The second-order valence-corrected chi connectivity index (χ2v) is 7.73. The third-order valence-electron chi connectivity index (χ3n) is 5.83. The van der Waals surface area contributed by atoms with Gasteiger partial charge in [-0.2, -0.15) is 0 Å². The predicted octanol–water partition coefficient (Wildman–Crippen LogP) is 3.17. The summed E-state index contributed by atoms with van der Waals surface area (Å²) >= 11 is 6.56. The van der Waals surface area contributed by atoms with Crippen LogP contribution in [0.25, 0.3) is 0 Å². The van der Waals surface area contributed by atoms with Crippen LogP contribution >= 0.6 is 11.6 Å². The lowest BCUT2D eigenvalue weighted by Gasteiger charge is -2.44. The van der Waals surface area contributed by atoms with E-state index in [1.165, 1.54) is 25.7 Å². The molecule has 0 aromatic heterocycles. The highest BCUT2D eigenvalue weighted by atomic mass is 35.5. The Morgan fingerprint density at radius 2 is 1.92 bits per heavy atom. The van der Waals surface area contributed by atoms with Crippen molar-refractivity contribution in [2.24, 2.45) is 0 Å². The van der Waals surface area contributed by atoms with Crippen molar-refractivity contribution >= 4 is 11.6 Å². The fraction of sp³-hybridized carbons (Fsp3) is 0.700. The van der Waals surface area contributed by atoms with Gasteiger partial charge in [-0.25, -0.2) is 0 Å². The average molecular weight is 383 g/mol. The molecule has 0 radical (unpaired) electrons. The van der Waals surface area contributed by atoms with Crippen LogP contribution in [0.2, 0.25) is 5.02 Å². The summed E-state index contributed by atoms with van der Waals surface area (Å²) in [5.74, 6) is 1.26. The van der Waals surface area contributed by atoms with Crippen molar-refractivity contribution in [1.82, 2.24) is 9.80 Å². The van der Waals surface area contributed by atoms with Crippen LogP contribution in [0.4, 0.5) is 0 Å². The number of aliphatic hydroxyl groups is 1. The minimum absolute atomic E-state index is 0.249. The van der Waals surface area contributed by atoms with E-state index in [0.717, 1.165) is 38.2 Å². The van der Waals surface area contributed by atoms with Gasteiger partial charge >= 0.3 is 0 Å². The lowest BCUT2D eigenvalue weighted by atomic mass is 10.0. The molecule has 3 rings (SSSR count). The van der Waals surface area contributed by atoms with E-state index >= 15 is 0 Å². The molecule has 146 valence electrons. The topological polar surface area (TPSA) is 45.2 Å². The smallest absolute Gasteiger partial charge is 0.179 e. The molecule has 0 unspecified atom stereocenters. The monoisotopic (exact) mass is 382 g/mol. The van der Waals surface area contributed by atoms with E-state index in [1.807, 2.05) is 12.1 Å². The SMILES string of the molecule is COc1ccc(CN2CCN(C3CCCC3)[C@H](CCO)C2)c(Cl)c1OC. The number of hydrogen-bond acceptors (Lipinski definition) is 5. The molecule has 1 saturated heterocycles. The molecule has 1 heterocycles. The molecule has 1 aliphatic heterocycles. The van der Waals surface area contributed by atoms with Crippen LogP contribution in [0.15, 0.2) is 12.1 Å². The largest absolute Gasteiger partial charge is 0.493 e. The number of rotatable bonds is 7. The van der Waals surface area contributed by atoms with Crippen LogP contribution < -0.4 is 9.47 Å². The normalized spacial score (nSPS) is 22.7. The summed E-state index contributed by atoms with van der Waals surface area (Å²) in [4.78, 5) is 5.09. The van der Waals surface area contributed by atoms with Crippen molar-refractivity contribution < 1.29 is 14.6 Å². The molecule has 1 aromatic rings. The zero-order valence-corrected chi connectivity index (χ0v) is 16.7. The Balaban J connectivity index is 1.69. The van der Waals surface area contributed by atoms with Crippen molar-refractivity contribution in [1.29, 1.82) is 0 Å². The van der Waals surface area contributed by atoms with Gasteiger partial charge in [-0.3, -0.25) is 9.80 Å². The highest BCUT2D eigenvalue weighted by Gasteiger charge is 2.33. The van der Waals surface area contributed by atoms with E-state index in [-0.39, 0.29) is 6.61 Å². The third-order valence-corrected chi connectivity index (χ3v) is 6.24. The van der Waals surface area contributed by atoms with Gasteiger partial charge in [0.25, 0.3) is 0 Å². The zero-order valence-electron chi connectivity index (χ0n) is 15.9. The Kier molecular flexibility index (Phi) is 7.04. The molecule has 2 aliphatic rings. The summed E-state index contributed by atoms with van der Waals surface area (Å²) in [5, 5.41) is 10.2. The Hall–Kier alpha value is -1.01. The van der Waals surface area contributed by atoms with Crippen LogP contribution in [-0.4, -0.2) is 67.5 Å². The van der Waals surface area contributed by atoms with E-state index in [1.54, 1.807) is 14.2 Å². The van der Waals surface area contributed by atoms with Crippen LogP contribution in [0, 0.1) is 0 Å². The zero-order chi connectivity index (χ0) is 18.5. The van der Waals surface area contributed by atoms with Crippen molar-refractivity contribution in [3.05, 3.63) is 22.7 Å². The van der Waals surface area contributed by atoms with E-state index in [2.05, 4.69) is 9.80 Å². The number of ether oxygens (including phenoxy) is 2. The van der Waals surface area contributed by atoms with E-state index in [0.29, 0.717) is 28.6 Å². The van der Waals surface area contributed by atoms with Gasteiger partial charge in [0, 0.05) is 44.9 Å². The second-order valence-electron chi connectivity index (χ2n) is 7.35. The molecule has 1 aliphatic carbocycles. The van der Waals surface area contributed by atoms with Crippen molar-refractivity contribution in [3.63, 3.8) is 0 Å². The van der Waals surface area contributed by atoms with Crippen LogP contribution in [-0.2, 0) is 6.54 Å². The molecule has 1 aromatic carbocycles. The van der Waals surface area contributed by atoms with Crippen molar-refractivity contribution in [3.8, 4) is 11.5 Å². The van der Waals surface area contributed by atoms with Gasteiger partial charge in [-0.1, -0.05) is 30.5 Å². The Bertz CT molecular complexity index is 593. The number of methoxy groups -OCH3 is 2. The van der Waals surface area contributed by atoms with E-state index < -0.39 is 0 Å². The van der Waals surface area contributed by atoms with Crippen molar-refractivity contribution in [2.45, 2.75) is 50.7 Å². The van der Waals surface area contributed by atoms with E-state index in [9.17, 15) is 5.11 Å². The van der Waals surface area contributed by atoms with Gasteiger partial charge in [0.05, 0.1) is 19.2 Å². The second kappa shape index (κ2) is 9.27. The summed E-state index contributed by atoms with van der Waals surface area (Å²) in [7, 11) is 3.24. The first-order valence-electron chi connectivity index (χ1n) is 9.66. The molecular weight excluding hydrogens is 352 g/mol. The maximum absolute atomic E-state index is 9.53. The molecule has 0 bridgehead atoms. The van der Waals surface area contributed by atoms with Gasteiger partial charge in [-0.15, -0.1) is 0 Å². The van der Waals surface area contributed by atoms with Gasteiger partial charge in [-0.05, 0) is 30.9 Å². The minimum atomic E-state index is 0.249. The summed E-state index contributed by atoms with van der Waals surface area (Å²) in [6, 6.07) is 5.07. The average Bonchev–Trinajstić information content (AvgIpc) is 3.18. The number of nitrogens with zero attached hydrogens (tertiary/aromatic N) is 2. The maximum atomic E-state index is 9.53. The summed E-state index contributed by atoms with van der Waals surface area (Å²) in [5.41, 5.74) is 1.06. The van der Waals surface area contributed by atoms with Gasteiger partial charge in [0.15, 0.2) is 11.5 Å². The number of hydrogen-bond donors (Lipinski definition) is 1. The minimum Gasteiger partial charge on any atom is -0.493 e. The first-order valence-corrected chi connectivity index (χ1v) is 10.0. The fourth-order valence-electron chi connectivity index (χ4n) is 4.49. The molecule has 2 fully saturated rings. The maximum Gasteiger partial charge on any atom is 0.179 e. The fourth-order valence-corrected chi connectivity index (χ4v) is 4.79. The molecule has 0 amide bonds. The first-order chi connectivity index (χ1) is 12.7. The summed E-state index contributed by atoms with van der Waals surface area (Å²) < 4.78 is 10.7. The number of benzene rings is 1. The Morgan fingerprint density at radius 1 is 1.15 bits per heavy atom. The number of halogens is 1. The summed E-state index contributed by atoms with van der Waals surface area (Å²) in [6.07, 6.45) is 6.15. The van der Waals surface area contributed by atoms with Crippen LogP contribution in [0.3, 0.4) is 0 Å². The van der Waals surface area contributed by atoms with Crippen LogP contribution in [0.1, 0.15) is 37.7 Å². The molecule has 1 N–H and O–H groups in total. The molecular formula is C20H31ClN2O3. The molecule has 6 heteroatoms. The quantitative estimate of drug-likeness (QED) is 0.784. The predicted molar refractivity (Wildman–Crippen MR) is 104 cm³/mol. The number of piperazine rings is 1. The Morgan fingerprint density at radius 3 is 2.58 bits per heavy atom. The van der Waals surface area contributed by atoms with Gasteiger partial charge < -0.3 is 14.6 Å². The van der Waals surface area contributed by atoms with Crippen molar-refractivity contribution in [2.75, 3.05) is 40.5 Å². The molecule has 0 spiro atoms. The van der Waals surface area contributed by atoms with Crippen LogP contribution in [0.5, 0.6) is 11.5 Å². The van der Waals surface area contributed by atoms with Gasteiger partial charge in [0.2, 0.25) is 0 Å². The first kappa shape index (κ1) is 19.7. The molecule has 1 saturated carbocycles. The van der Waals surface area contributed by atoms with E-state index in [4.69, 9.17) is 21.1 Å². The highest BCUT2D eigenvalue weighted by molar-refractivity contribution is 6.33. The summed E-state index contributed by atoms with van der Waals surface area (Å²) in [6.45, 7) is 4.11. The van der Waals surface area contributed by atoms with Gasteiger partial charge in [0.1, 0.15) is 0 Å². The Labute approximate surface area is 161 Å². The highest BCUT2D eigenvalue weighted by Crippen LogP contribution is 2.38. The molecule has 1 atom stereocenters. The lowest BCUT2D eigenvalue weighted by Crippen LogP contribution is -2.56. The number of aliphatic hydroxyl groups excluding tert-OH is 1. The lowest BCUT2D eigenvalue weighted by molar-refractivity contribution is 0.0267. The molecule has 26 heavy (non-hydrogen) atoms.